The van der Waals surface area contributed by atoms with Gasteiger partial charge in [-0.1, -0.05) is 6.08 Å². The molecular weight excluding hydrogens is 298 g/mol. The van der Waals surface area contributed by atoms with Gasteiger partial charge in [0, 0.05) is 22.8 Å². The lowest BCUT2D eigenvalue weighted by Gasteiger charge is -2.23. The van der Waals surface area contributed by atoms with Crippen molar-refractivity contribution in [3.63, 3.8) is 0 Å². The summed E-state index contributed by atoms with van der Waals surface area (Å²) in [5, 5.41) is 10.1. The van der Waals surface area contributed by atoms with Crippen LogP contribution >= 0.6 is 11.3 Å². The minimum Gasteiger partial charge on any atom is -0.468 e. The third kappa shape index (κ3) is 5.77. The van der Waals surface area contributed by atoms with E-state index in [0.29, 0.717) is 26.3 Å². The minimum absolute atomic E-state index is 0.310. The third-order valence-corrected chi connectivity index (χ3v) is 4.14. The van der Waals surface area contributed by atoms with Gasteiger partial charge in [0.15, 0.2) is 0 Å². The van der Waals surface area contributed by atoms with E-state index in [4.69, 9.17) is 9.15 Å². The standard InChI is InChI=1S/C17H23NO3S/c1-3-8-20-13-15(19)10-18(11-16-5-4-9-21-16)12-17-7-6-14(2)22-17/h3-7,9,15,19H,1,8,10-13H2,2H3. The van der Waals surface area contributed by atoms with Crippen LogP contribution in [0.1, 0.15) is 15.5 Å². The molecule has 1 unspecified atom stereocenters. The zero-order chi connectivity index (χ0) is 15.8. The van der Waals surface area contributed by atoms with Crippen molar-refractivity contribution in [1.82, 2.24) is 4.90 Å². The van der Waals surface area contributed by atoms with E-state index in [1.54, 1.807) is 23.7 Å². The molecule has 1 atom stereocenters. The molecule has 0 amide bonds. The molecule has 0 aliphatic heterocycles. The Kier molecular flexibility index (Phi) is 6.86. The van der Waals surface area contributed by atoms with E-state index in [9.17, 15) is 5.11 Å². The predicted octanol–water partition coefficient (Wildman–Crippen LogP) is 3.22. The quantitative estimate of drug-likeness (QED) is 0.539. The smallest absolute Gasteiger partial charge is 0.117 e. The average molecular weight is 321 g/mol. The number of hydrogen-bond acceptors (Lipinski definition) is 5. The van der Waals surface area contributed by atoms with Crippen LogP contribution in [-0.4, -0.2) is 35.9 Å². The topological polar surface area (TPSA) is 45.8 Å². The Labute approximate surface area is 135 Å². The van der Waals surface area contributed by atoms with Crippen LogP contribution in [0.25, 0.3) is 0 Å². The summed E-state index contributed by atoms with van der Waals surface area (Å²) in [6.45, 7) is 8.46. The second-order valence-electron chi connectivity index (χ2n) is 5.24. The highest BCUT2D eigenvalue weighted by Gasteiger charge is 2.15. The molecule has 0 saturated carbocycles. The highest BCUT2D eigenvalue weighted by Crippen LogP contribution is 2.19. The van der Waals surface area contributed by atoms with Gasteiger partial charge in [-0.2, -0.15) is 0 Å². The van der Waals surface area contributed by atoms with Crippen LogP contribution in [0, 0.1) is 6.92 Å². The third-order valence-electron chi connectivity index (χ3n) is 3.15. The first kappa shape index (κ1) is 17.0. The van der Waals surface area contributed by atoms with E-state index < -0.39 is 6.10 Å². The van der Waals surface area contributed by atoms with Crippen LogP contribution < -0.4 is 0 Å². The normalized spacial score (nSPS) is 12.7. The van der Waals surface area contributed by atoms with Crippen LogP contribution in [0.2, 0.25) is 0 Å². The van der Waals surface area contributed by atoms with Gasteiger partial charge in [-0.3, -0.25) is 4.90 Å². The van der Waals surface area contributed by atoms with Crippen LogP contribution in [0.3, 0.4) is 0 Å². The van der Waals surface area contributed by atoms with E-state index in [-0.39, 0.29) is 0 Å². The van der Waals surface area contributed by atoms with Crippen molar-refractivity contribution in [3.05, 3.63) is 58.7 Å². The summed E-state index contributed by atoms with van der Waals surface area (Å²) in [5.74, 6) is 0.896. The van der Waals surface area contributed by atoms with Gasteiger partial charge in [0.25, 0.3) is 0 Å². The second-order valence-corrected chi connectivity index (χ2v) is 6.61. The van der Waals surface area contributed by atoms with Crippen molar-refractivity contribution in [2.24, 2.45) is 0 Å². The molecule has 0 aliphatic carbocycles. The van der Waals surface area contributed by atoms with Gasteiger partial charge in [-0.25, -0.2) is 0 Å². The van der Waals surface area contributed by atoms with Gasteiger partial charge in [0.1, 0.15) is 5.76 Å². The van der Waals surface area contributed by atoms with Crippen LogP contribution in [-0.2, 0) is 17.8 Å². The summed E-state index contributed by atoms with van der Waals surface area (Å²) in [6, 6.07) is 8.09. The fraction of sp³-hybridized carbons (Fsp3) is 0.412. The highest BCUT2D eigenvalue weighted by molar-refractivity contribution is 7.11. The molecule has 1 N–H and O–H groups in total. The predicted molar refractivity (Wildman–Crippen MR) is 88.9 cm³/mol. The molecule has 5 heteroatoms. The van der Waals surface area contributed by atoms with E-state index in [2.05, 4.69) is 30.5 Å². The van der Waals surface area contributed by atoms with Crippen LogP contribution in [0.15, 0.2) is 47.6 Å². The molecule has 0 spiro atoms. The molecule has 2 aromatic rings. The Balaban J connectivity index is 1.93. The van der Waals surface area contributed by atoms with Gasteiger partial charge < -0.3 is 14.3 Å². The molecule has 2 aromatic heterocycles. The molecule has 0 aliphatic rings. The minimum atomic E-state index is -0.532. The second kappa shape index (κ2) is 8.90. The number of furan rings is 1. The van der Waals surface area contributed by atoms with E-state index in [1.165, 1.54) is 9.75 Å². The summed E-state index contributed by atoms with van der Waals surface area (Å²) >= 11 is 1.78. The van der Waals surface area contributed by atoms with Crippen LogP contribution in [0.5, 0.6) is 0 Å². The van der Waals surface area contributed by atoms with E-state index >= 15 is 0 Å². The van der Waals surface area contributed by atoms with E-state index in [0.717, 1.165) is 12.3 Å². The Morgan fingerprint density at radius 1 is 1.41 bits per heavy atom. The Morgan fingerprint density at radius 2 is 2.27 bits per heavy atom. The lowest BCUT2D eigenvalue weighted by molar-refractivity contribution is 0.0218. The van der Waals surface area contributed by atoms with Gasteiger partial charge in [0.05, 0.1) is 32.1 Å². The number of aryl methyl sites for hydroxylation is 1. The number of aliphatic hydroxyl groups is 1. The van der Waals surface area contributed by atoms with Gasteiger partial charge in [0.2, 0.25) is 0 Å². The Hall–Kier alpha value is -1.40. The first-order chi connectivity index (χ1) is 10.7. The lowest BCUT2D eigenvalue weighted by atomic mass is 10.3. The molecule has 2 rings (SSSR count). The Bertz CT molecular complexity index is 550. The number of aliphatic hydroxyl groups excluding tert-OH is 1. The SMILES string of the molecule is C=CCOCC(O)CN(Cc1ccco1)Cc1ccc(C)s1. The zero-order valence-corrected chi connectivity index (χ0v) is 13.7. The van der Waals surface area contributed by atoms with Crippen molar-refractivity contribution >= 4 is 11.3 Å². The average Bonchev–Trinajstić information content (AvgIpc) is 3.11. The maximum absolute atomic E-state index is 10.1. The van der Waals surface area contributed by atoms with Crippen LogP contribution in [0.4, 0.5) is 0 Å². The van der Waals surface area contributed by atoms with Crippen molar-refractivity contribution in [1.29, 1.82) is 0 Å². The molecule has 0 fully saturated rings. The number of nitrogens with zero attached hydrogens (tertiary/aromatic N) is 1. The molecular formula is C17H23NO3S. The van der Waals surface area contributed by atoms with Crippen molar-refractivity contribution in [3.8, 4) is 0 Å². The van der Waals surface area contributed by atoms with Gasteiger partial charge >= 0.3 is 0 Å². The maximum Gasteiger partial charge on any atom is 0.117 e. The number of rotatable bonds is 10. The molecule has 2 heterocycles. The summed E-state index contributed by atoms with van der Waals surface area (Å²) in [4.78, 5) is 4.75. The monoisotopic (exact) mass is 321 g/mol. The van der Waals surface area contributed by atoms with Crippen molar-refractivity contribution in [2.45, 2.75) is 26.1 Å². The molecule has 0 aromatic carbocycles. The number of hydrogen-bond donors (Lipinski definition) is 1. The maximum atomic E-state index is 10.1. The largest absolute Gasteiger partial charge is 0.468 e. The van der Waals surface area contributed by atoms with Crippen molar-refractivity contribution in [2.75, 3.05) is 19.8 Å². The molecule has 22 heavy (non-hydrogen) atoms. The number of thiophene rings is 1. The number of ether oxygens (including phenoxy) is 1. The first-order valence-corrected chi connectivity index (χ1v) is 8.15. The fourth-order valence-electron chi connectivity index (χ4n) is 2.24. The first-order valence-electron chi connectivity index (χ1n) is 7.34. The summed E-state index contributed by atoms with van der Waals surface area (Å²) in [7, 11) is 0. The fourth-order valence-corrected chi connectivity index (χ4v) is 3.17. The molecule has 0 saturated heterocycles. The lowest BCUT2D eigenvalue weighted by Crippen LogP contribution is -2.34. The molecule has 0 radical (unpaired) electrons. The van der Waals surface area contributed by atoms with E-state index in [1.807, 2.05) is 12.1 Å². The van der Waals surface area contributed by atoms with Gasteiger partial charge in [-0.05, 0) is 31.2 Å². The van der Waals surface area contributed by atoms with Crippen molar-refractivity contribution < 1.29 is 14.3 Å². The van der Waals surface area contributed by atoms with Gasteiger partial charge in [-0.15, -0.1) is 17.9 Å². The molecule has 120 valence electrons. The highest BCUT2D eigenvalue weighted by atomic mass is 32.1. The molecule has 0 bridgehead atoms. The summed E-state index contributed by atoms with van der Waals surface area (Å²) in [6.07, 6.45) is 2.82. The summed E-state index contributed by atoms with van der Waals surface area (Å²) in [5.41, 5.74) is 0. The summed E-state index contributed by atoms with van der Waals surface area (Å²) < 4.78 is 10.7. The molecule has 4 nitrogen and oxygen atoms in total. The Morgan fingerprint density at radius 3 is 2.91 bits per heavy atom. The zero-order valence-electron chi connectivity index (χ0n) is 12.9.